The maximum atomic E-state index is 11.6. The molecular formula is C17H20N6O3S. The average Bonchev–Trinajstić information content (AvgIpc) is 3.29. The molecule has 0 spiro atoms. The van der Waals surface area contributed by atoms with E-state index in [9.17, 15) is 13.5 Å². The van der Waals surface area contributed by atoms with Gasteiger partial charge in [0.1, 0.15) is 11.5 Å². The zero-order chi connectivity index (χ0) is 19.0. The summed E-state index contributed by atoms with van der Waals surface area (Å²) in [4.78, 5) is 14.3. The van der Waals surface area contributed by atoms with Gasteiger partial charge in [-0.05, 0) is 30.7 Å². The van der Waals surface area contributed by atoms with Crippen LogP contribution in [-0.2, 0) is 10.0 Å². The van der Waals surface area contributed by atoms with E-state index < -0.39 is 10.0 Å². The smallest absolute Gasteiger partial charge is 0.238 e. The Morgan fingerprint density at radius 2 is 2.19 bits per heavy atom. The van der Waals surface area contributed by atoms with Gasteiger partial charge in [-0.1, -0.05) is 6.07 Å². The molecule has 10 heteroatoms. The normalized spacial score (nSPS) is 17.6. The first kappa shape index (κ1) is 17.7. The highest BCUT2D eigenvalue weighted by Crippen LogP contribution is 2.30. The minimum atomic E-state index is -3.79. The van der Waals surface area contributed by atoms with Crippen LogP contribution in [0.5, 0.6) is 0 Å². The van der Waals surface area contributed by atoms with Crippen LogP contribution in [0, 0.1) is 5.92 Å². The summed E-state index contributed by atoms with van der Waals surface area (Å²) in [5.74, 6) is 1.36. The third-order valence-electron chi connectivity index (χ3n) is 4.66. The number of aliphatic hydroxyl groups is 1. The van der Waals surface area contributed by atoms with Gasteiger partial charge in [-0.3, -0.25) is 0 Å². The van der Waals surface area contributed by atoms with Gasteiger partial charge in [0.25, 0.3) is 0 Å². The van der Waals surface area contributed by atoms with Crippen molar-refractivity contribution in [1.82, 2.24) is 15.0 Å². The van der Waals surface area contributed by atoms with Crippen LogP contribution in [0.3, 0.4) is 0 Å². The predicted octanol–water partition coefficient (Wildman–Crippen LogP) is 1.17. The fourth-order valence-electron chi connectivity index (χ4n) is 3.28. The first-order chi connectivity index (χ1) is 12.9. The molecule has 2 aromatic heterocycles. The molecule has 1 atom stereocenters. The van der Waals surface area contributed by atoms with Crippen molar-refractivity contribution in [3.05, 3.63) is 36.5 Å². The monoisotopic (exact) mass is 388 g/mol. The molecule has 9 nitrogen and oxygen atoms in total. The molecule has 0 bridgehead atoms. The first-order valence-electron chi connectivity index (χ1n) is 8.55. The molecule has 1 saturated heterocycles. The molecule has 1 aliphatic rings. The van der Waals surface area contributed by atoms with Crippen molar-refractivity contribution in [1.29, 1.82) is 0 Å². The number of anilines is 3. The highest BCUT2D eigenvalue weighted by atomic mass is 32.2. The van der Waals surface area contributed by atoms with Crippen molar-refractivity contribution in [2.75, 3.05) is 29.9 Å². The fraction of sp³-hybridized carbons (Fsp3) is 0.294. The van der Waals surface area contributed by atoms with Crippen molar-refractivity contribution in [3.8, 4) is 0 Å². The van der Waals surface area contributed by atoms with E-state index in [0.29, 0.717) is 17.3 Å². The minimum Gasteiger partial charge on any atom is -0.396 e. The van der Waals surface area contributed by atoms with E-state index in [1.807, 2.05) is 6.07 Å². The Labute approximate surface area is 156 Å². The third kappa shape index (κ3) is 3.59. The summed E-state index contributed by atoms with van der Waals surface area (Å²) < 4.78 is 23.1. The predicted molar refractivity (Wildman–Crippen MR) is 102 cm³/mol. The number of benzene rings is 1. The molecule has 0 unspecified atom stereocenters. The van der Waals surface area contributed by atoms with Crippen LogP contribution >= 0.6 is 0 Å². The molecule has 142 valence electrons. The molecule has 0 aliphatic carbocycles. The van der Waals surface area contributed by atoms with Gasteiger partial charge in [-0.25, -0.2) is 13.6 Å². The van der Waals surface area contributed by atoms with E-state index >= 15 is 0 Å². The topological polar surface area (TPSA) is 137 Å². The van der Waals surface area contributed by atoms with Crippen LogP contribution < -0.4 is 15.4 Å². The molecule has 3 aromatic rings. The fourth-order valence-corrected chi connectivity index (χ4v) is 3.84. The van der Waals surface area contributed by atoms with Crippen molar-refractivity contribution >= 4 is 38.5 Å². The number of aromatic amines is 1. The van der Waals surface area contributed by atoms with Gasteiger partial charge in [0, 0.05) is 37.5 Å². The van der Waals surface area contributed by atoms with E-state index in [0.717, 1.165) is 30.7 Å². The summed E-state index contributed by atoms with van der Waals surface area (Å²) in [6, 6.07) is 8.11. The molecule has 1 fully saturated rings. The Morgan fingerprint density at radius 3 is 2.93 bits per heavy atom. The number of H-pyrrole nitrogens is 1. The van der Waals surface area contributed by atoms with Crippen LogP contribution in [0.4, 0.5) is 17.5 Å². The number of primary sulfonamides is 1. The van der Waals surface area contributed by atoms with Gasteiger partial charge in [-0.2, -0.15) is 9.97 Å². The lowest BCUT2D eigenvalue weighted by atomic mass is 10.1. The summed E-state index contributed by atoms with van der Waals surface area (Å²) in [6.45, 7) is 1.69. The lowest BCUT2D eigenvalue weighted by Crippen LogP contribution is -2.22. The van der Waals surface area contributed by atoms with E-state index in [1.54, 1.807) is 18.3 Å². The van der Waals surface area contributed by atoms with Crippen LogP contribution in [-0.4, -0.2) is 48.2 Å². The second kappa shape index (κ2) is 6.80. The Balaban J connectivity index is 1.69. The van der Waals surface area contributed by atoms with Gasteiger partial charge in [-0.15, -0.1) is 0 Å². The number of nitrogens with two attached hydrogens (primary N) is 1. The summed E-state index contributed by atoms with van der Waals surface area (Å²) >= 11 is 0. The molecule has 3 heterocycles. The van der Waals surface area contributed by atoms with Crippen LogP contribution in [0.2, 0.25) is 0 Å². The summed E-state index contributed by atoms with van der Waals surface area (Å²) in [5.41, 5.74) is 1.20. The Morgan fingerprint density at radius 1 is 1.33 bits per heavy atom. The quantitative estimate of drug-likeness (QED) is 0.515. The van der Waals surface area contributed by atoms with E-state index in [1.165, 1.54) is 12.1 Å². The third-order valence-corrected chi connectivity index (χ3v) is 5.57. The number of aromatic nitrogens is 3. The van der Waals surface area contributed by atoms with Crippen molar-refractivity contribution < 1.29 is 13.5 Å². The molecular weight excluding hydrogens is 368 g/mol. The molecule has 0 amide bonds. The maximum absolute atomic E-state index is 11.6. The summed E-state index contributed by atoms with van der Waals surface area (Å²) in [5, 5.41) is 18.6. The first-order valence-corrected chi connectivity index (χ1v) is 10.1. The lowest BCUT2D eigenvalue weighted by molar-refractivity contribution is 0.238. The number of hydrogen-bond acceptors (Lipinski definition) is 7. The van der Waals surface area contributed by atoms with Gasteiger partial charge in [0.15, 0.2) is 0 Å². The number of rotatable bonds is 5. The SMILES string of the molecule is NS(=O)(=O)c1cccc(Nc2nc(N3CC[C@@H](CO)C3)c3cc[nH]c3n2)c1. The Kier molecular flexibility index (Phi) is 4.46. The van der Waals surface area contributed by atoms with Crippen LogP contribution in [0.1, 0.15) is 6.42 Å². The zero-order valence-electron chi connectivity index (χ0n) is 14.5. The standard InChI is InChI=1S/C17H20N6O3S/c18-27(25,26)13-3-1-2-12(8-13)20-17-21-15-14(4-6-19-15)16(22-17)23-7-5-11(9-23)10-24/h1-4,6,8,11,24H,5,7,9-10H2,(H2,18,25,26)(H2,19,20,21,22)/t11-/m1/s1. The zero-order valence-corrected chi connectivity index (χ0v) is 15.3. The van der Waals surface area contributed by atoms with Gasteiger partial charge in [0.2, 0.25) is 16.0 Å². The summed E-state index contributed by atoms with van der Waals surface area (Å²) in [7, 11) is -3.79. The van der Waals surface area contributed by atoms with E-state index in [4.69, 9.17) is 5.14 Å². The molecule has 27 heavy (non-hydrogen) atoms. The summed E-state index contributed by atoms with van der Waals surface area (Å²) in [6.07, 6.45) is 2.71. The number of nitrogens with zero attached hydrogens (tertiary/aromatic N) is 3. The van der Waals surface area contributed by atoms with Gasteiger partial charge < -0.3 is 20.3 Å². The number of hydrogen-bond donors (Lipinski definition) is 4. The van der Waals surface area contributed by atoms with Crippen LogP contribution in [0.25, 0.3) is 11.0 Å². The molecule has 0 saturated carbocycles. The molecule has 1 aliphatic heterocycles. The van der Waals surface area contributed by atoms with Crippen molar-refractivity contribution in [3.63, 3.8) is 0 Å². The largest absolute Gasteiger partial charge is 0.396 e. The highest BCUT2D eigenvalue weighted by molar-refractivity contribution is 7.89. The van der Waals surface area contributed by atoms with Gasteiger partial charge >= 0.3 is 0 Å². The molecule has 5 N–H and O–H groups in total. The maximum Gasteiger partial charge on any atom is 0.238 e. The number of fused-ring (bicyclic) bond motifs is 1. The minimum absolute atomic E-state index is 0.0130. The number of aliphatic hydroxyl groups excluding tert-OH is 1. The number of sulfonamides is 1. The average molecular weight is 388 g/mol. The van der Waals surface area contributed by atoms with Gasteiger partial charge in [0.05, 0.1) is 10.3 Å². The molecule has 4 rings (SSSR count). The Hall–Kier alpha value is -2.69. The number of nitrogens with one attached hydrogen (secondary N) is 2. The molecule has 1 aromatic carbocycles. The van der Waals surface area contributed by atoms with Crippen molar-refractivity contribution in [2.24, 2.45) is 11.1 Å². The Bertz CT molecular complexity index is 1080. The van der Waals surface area contributed by atoms with Crippen molar-refractivity contribution in [2.45, 2.75) is 11.3 Å². The van der Waals surface area contributed by atoms with E-state index in [2.05, 4.69) is 25.2 Å². The molecule has 0 radical (unpaired) electrons. The lowest BCUT2D eigenvalue weighted by Gasteiger charge is -2.19. The highest BCUT2D eigenvalue weighted by Gasteiger charge is 2.25. The van der Waals surface area contributed by atoms with Crippen LogP contribution in [0.15, 0.2) is 41.4 Å². The van der Waals surface area contributed by atoms with E-state index in [-0.39, 0.29) is 17.4 Å². The second-order valence-corrected chi connectivity index (χ2v) is 8.15. The second-order valence-electron chi connectivity index (χ2n) is 6.59.